The fourth-order valence-corrected chi connectivity index (χ4v) is 3.00. The second kappa shape index (κ2) is 10.2. The van der Waals surface area contributed by atoms with Gasteiger partial charge in [0.15, 0.2) is 12.4 Å². The fraction of sp³-hybridized carbons (Fsp3) is 0.208. The molecule has 0 aliphatic rings. The van der Waals surface area contributed by atoms with Gasteiger partial charge >= 0.3 is 0 Å². The predicted octanol–water partition coefficient (Wildman–Crippen LogP) is 3.33. The minimum atomic E-state index is -0.303. The van der Waals surface area contributed by atoms with Crippen LogP contribution in [0.3, 0.4) is 0 Å². The number of benzene rings is 2. The third-order valence-corrected chi connectivity index (χ3v) is 4.59. The number of carbonyl (C=O) groups is 2. The van der Waals surface area contributed by atoms with E-state index in [9.17, 15) is 9.59 Å². The Hall–Kier alpha value is -3.87. The average Bonchev–Trinajstić information content (AvgIpc) is 2.76. The lowest BCUT2D eigenvalue weighted by atomic mass is 10.1. The highest BCUT2D eigenvalue weighted by molar-refractivity contribution is 6.10. The highest BCUT2D eigenvalue weighted by Crippen LogP contribution is 2.19. The van der Waals surface area contributed by atoms with E-state index < -0.39 is 0 Å². The molecule has 1 heterocycles. The quantitative estimate of drug-likeness (QED) is 0.549. The standard InChI is InChI=1S/C24H26N4O3/c1-4-31-20-11-9-18(10-12-20)25-24(30)21-7-5-6-8-22(21)26-23(29)17-28-15-13-19(14-16-28)27(2)3/h5-16H,4,17H2,1-3H3,(H-,25,26,29,30)/p+1. The molecule has 2 aromatic carbocycles. The molecule has 31 heavy (non-hydrogen) atoms. The van der Waals surface area contributed by atoms with Crippen LogP contribution in [0, 0.1) is 0 Å². The first-order valence-corrected chi connectivity index (χ1v) is 10.1. The van der Waals surface area contributed by atoms with Gasteiger partial charge in [-0.2, -0.15) is 4.57 Å². The molecular formula is C24H27N4O3+. The van der Waals surface area contributed by atoms with Crippen LogP contribution in [0.5, 0.6) is 5.75 Å². The zero-order valence-electron chi connectivity index (χ0n) is 18.0. The first-order valence-electron chi connectivity index (χ1n) is 10.1. The normalized spacial score (nSPS) is 10.3. The number of amides is 2. The van der Waals surface area contributed by atoms with E-state index in [1.165, 1.54) is 0 Å². The Bertz CT molecular complexity index is 1030. The number of aromatic nitrogens is 1. The molecule has 7 heteroatoms. The molecule has 2 amide bonds. The molecule has 0 unspecified atom stereocenters. The molecule has 0 fully saturated rings. The van der Waals surface area contributed by atoms with Gasteiger partial charge in [0, 0.05) is 37.6 Å². The Kier molecular flexibility index (Phi) is 7.22. The van der Waals surface area contributed by atoms with Crippen molar-refractivity contribution in [2.24, 2.45) is 0 Å². The van der Waals surface area contributed by atoms with Gasteiger partial charge in [-0.1, -0.05) is 12.1 Å². The molecule has 0 bridgehead atoms. The molecule has 160 valence electrons. The van der Waals surface area contributed by atoms with Gasteiger partial charge in [0.25, 0.3) is 11.8 Å². The van der Waals surface area contributed by atoms with E-state index in [-0.39, 0.29) is 18.4 Å². The summed E-state index contributed by atoms with van der Waals surface area (Å²) in [5.41, 5.74) is 2.54. The third-order valence-electron chi connectivity index (χ3n) is 4.59. The van der Waals surface area contributed by atoms with Crippen molar-refractivity contribution in [1.29, 1.82) is 0 Å². The maximum absolute atomic E-state index is 12.8. The monoisotopic (exact) mass is 419 g/mol. The fourth-order valence-electron chi connectivity index (χ4n) is 3.00. The number of nitrogens with zero attached hydrogens (tertiary/aromatic N) is 2. The molecule has 3 aromatic rings. The molecule has 2 N–H and O–H groups in total. The number of hydrogen-bond acceptors (Lipinski definition) is 4. The summed E-state index contributed by atoms with van der Waals surface area (Å²) in [6.45, 7) is 2.64. The molecule has 0 saturated heterocycles. The smallest absolute Gasteiger partial charge is 0.290 e. The van der Waals surface area contributed by atoms with E-state index in [2.05, 4.69) is 10.6 Å². The summed E-state index contributed by atoms with van der Waals surface area (Å²) in [4.78, 5) is 27.3. The number of ether oxygens (including phenoxy) is 1. The summed E-state index contributed by atoms with van der Waals surface area (Å²) in [6.07, 6.45) is 3.69. The number of nitrogens with one attached hydrogen (secondary N) is 2. The predicted molar refractivity (Wildman–Crippen MR) is 122 cm³/mol. The summed E-state index contributed by atoms with van der Waals surface area (Å²) >= 11 is 0. The molecule has 0 spiro atoms. The van der Waals surface area contributed by atoms with E-state index in [1.54, 1.807) is 53.1 Å². The summed E-state index contributed by atoms with van der Waals surface area (Å²) < 4.78 is 7.20. The number of anilines is 3. The zero-order valence-corrected chi connectivity index (χ0v) is 18.0. The molecule has 0 saturated carbocycles. The number of pyridine rings is 1. The number of rotatable bonds is 8. The van der Waals surface area contributed by atoms with E-state index >= 15 is 0 Å². The van der Waals surface area contributed by atoms with Gasteiger partial charge in [-0.3, -0.25) is 9.59 Å². The van der Waals surface area contributed by atoms with Gasteiger partial charge in [-0.05, 0) is 43.3 Å². The van der Waals surface area contributed by atoms with Gasteiger partial charge in [-0.25, -0.2) is 0 Å². The van der Waals surface area contributed by atoms with Gasteiger partial charge in [-0.15, -0.1) is 0 Å². The first-order chi connectivity index (χ1) is 15.0. The number of para-hydroxylation sites is 1. The lowest BCUT2D eigenvalue weighted by molar-refractivity contribution is -0.684. The van der Waals surface area contributed by atoms with Crippen LogP contribution < -0.4 is 24.8 Å². The molecule has 0 atom stereocenters. The third kappa shape index (κ3) is 6.05. The zero-order chi connectivity index (χ0) is 22.2. The van der Waals surface area contributed by atoms with Crippen molar-refractivity contribution < 1.29 is 18.9 Å². The van der Waals surface area contributed by atoms with Crippen LogP contribution in [0.15, 0.2) is 73.1 Å². The van der Waals surface area contributed by atoms with E-state index in [0.29, 0.717) is 23.5 Å². The van der Waals surface area contributed by atoms with Crippen molar-refractivity contribution in [3.8, 4) is 5.75 Å². The van der Waals surface area contributed by atoms with Gasteiger partial charge in [0.05, 0.1) is 17.9 Å². The van der Waals surface area contributed by atoms with E-state index in [1.807, 2.05) is 50.4 Å². The van der Waals surface area contributed by atoms with Crippen LogP contribution in [0.4, 0.5) is 17.1 Å². The van der Waals surface area contributed by atoms with Crippen LogP contribution >= 0.6 is 0 Å². The molecule has 0 radical (unpaired) electrons. The average molecular weight is 420 g/mol. The number of carbonyl (C=O) groups excluding carboxylic acids is 2. The summed E-state index contributed by atoms with van der Waals surface area (Å²) in [7, 11) is 3.92. The molecular weight excluding hydrogens is 392 g/mol. The molecule has 3 rings (SSSR count). The van der Waals surface area contributed by atoms with Crippen molar-refractivity contribution >= 4 is 28.9 Å². The van der Waals surface area contributed by atoms with Gasteiger partial charge < -0.3 is 20.3 Å². The Morgan fingerprint density at radius 2 is 1.61 bits per heavy atom. The number of hydrogen-bond donors (Lipinski definition) is 2. The van der Waals surface area contributed by atoms with Crippen molar-refractivity contribution in [3.63, 3.8) is 0 Å². The molecule has 0 aliphatic carbocycles. The molecule has 0 aliphatic heterocycles. The van der Waals surface area contributed by atoms with Gasteiger partial charge in [0.2, 0.25) is 6.54 Å². The highest BCUT2D eigenvalue weighted by atomic mass is 16.5. The lowest BCUT2D eigenvalue weighted by Crippen LogP contribution is -2.39. The van der Waals surface area contributed by atoms with Crippen LogP contribution in [0.25, 0.3) is 0 Å². The van der Waals surface area contributed by atoms with E-state index in [0.717, 1.165) is 11.4 Å². The topological polar surface area (TPSA) is 74.5 Å². The van der Waals surface area contributed by atoms with Crippen molar-refractivity contribution in [2.75, 3.05) is 36.2 Å². The van der Waals surface area contributed by atoms with Crippen LogP contribution in [0.2, 0.25) is 0 Å². The van der Waals surface area contributed by atoms with Crippen LogP contribution in [-0.4, -0.2) is 32.5 Å². The first kappa shape index (κ1) is 21.8. The largest absolute Gasteiger partial charge is 0.494 e. The minimum absolute atomic E-state index is 0.141. The second-order valence-corrected chi connectivity index (χ2v) is 7.13. The van der Waals surface area contributed by atoms with Crippen LogP contribution in [0.1, 0.15) is 17.3 Å². The van der Waals surface area contributed by atoms with Gasteiger partial charge in [0.1, 0.15) is 5.75 Å². The Labute approximate surface area is 182 Å². The Morgan fingerprint density at radius 1 is 0.935 bits per heavy atom. The second-order valence-electron chi connectivity index (χ2n) is 7.13. The summed E-state index contributed by atoms with van der Waals surface area (Å²) in [5, 5.41) is 5.69. The molecule has 7 nitrogen and oxygen atoms in total. The van der Waals surface area contributed by atoms with Crippen molar-refractivity contribution in [1.82, 2.24) is 0 Å². The lowest BCUT2D eigenvalue weighted by Gasteiger charge is -2.12. The summed E-state index contributed by atoms with van der Waals surface area (Å²) in [5.74, 6) is 0.219. The highest BCUT2D eigenvalue weighted by Gasteiger charge is 2.16. The van der Waals surface area contributed by atoms with E-state index in [4.69, 9.17) is 4.74 Å². The SMILES string of the molecule is CCOc1ccc(NC(=O)c2ccccc2NC(=O)C[n+]2ccc(N(C)C)cc2)cc1. The minimum Gasteiger partial charge on any atom is -0.494 e. The van der Waals surface area contributed by atoms with Crippen LogP contribution in [-0.2, 0) is 11.3 Å². The van der Waals surface area contributed by atoms with Crippen molar-refractivity contribution in [2.45, 2.75) is 13.5 Å². The molecule has 1 aromatic heterocycles. The maximum atomic E-state index is 12.8. The Balaban J connectivity index is 1.66. The maximum Gasteiger partial charge on any atom is 0.290 e. The Morgan fingerprint density at radius 3 is 2.26 bits per heavy atom. The van der Waals surface area contributed by atoms with Crippen molar-refractivity contribution in [3.05, 3.63) is 78.6 Å². The summed E-state index contributed by atoms with van der Waals surface area (Å²) in [6, 6.07) is 18.0.